The number of Topliss-reactive ketones (excluding diaryl/α,β-unsaturated/α-hetero) is 1. The number of aliphatic hydroxyl groups is 1. The van der Waals surface area contributed by atoms with Crippen molar-refractivity contribution in [2.45, 2.75) is 97.0 Å². The van der Waals surface area contributed by atoms with E-state index in [4.69, 9.17) is 4.74 Å². The van der Waals surface area contributed by atoms with Crippen LogP contribution in [0.5, 0.6) is 0 Å². The van der Waals surface area contributed by atoms with Crippen LogP contribution in [0.3, 0.4) is 0 Å². The van der Waals surface area contributed by atoms with Gasteiger partial charge in [0.1, 0.15) is 5.78 Å². The van der Waals surface area contributed by atoms with Gasteiger partial charge in [-0.25, -0.2) is 0 Å². The third-order valence-corrected chi connectivity index (χ3v) is 9.84. The molecular formula is C24H38O4. The molecule has 0 spiro atoms. The van der Waals surface area contributed by atoms with Crippen molar-refractivity contribution >= 4 is 11.8 Å². The highest BCUT2D eigenvalue weighted by molar-refractivity contribution is 5.79. The number of hydrogen-bond donors (Lipinski definition) is 1. The number of rotatable bonds is 4. The highest BCUT2D eigenvalue weighted by atomic mass is 16.5. The van der Waals surface area contributed by atoms with Crippen molar-refractivity contribution < 1.29 is 19.4 Å². The van der Waals surface area contributed by atoms with Gasteiger partial charge in [-0.05, 0) is 92.3 Å². The molecule has 28 heavy (non-hydrogen) atoms. The van der Waals surface area contributed by atoms with Gasteiger partial charge in [-0.1, -0.05) is 13.8 Å². The molecule has 0 heterocycles. The van der Waals surface area contributed by atoms with Gasteiger partial charge in [0.05, 0.1) is 12.2 Å². The minimum Gasteiger partial charge on any atom is -0.466 e. The minimum absolute atomic E-state index is 0.0158. The zero-order valence-corrected chi connectivity index (χ0v) is 18.0. The maximum Gasteiger partial charge on any atom is 0.302 e. The minimum atomic E-state index is -0.622. The first-order chi connectivity index (χ1) is 13.2. The van der Waals surface area contributed by atoms with E-state index in [-0.39, 0.29) is 11.4 Å². The Morgan fingerprint density at radius 1 is 1.11 bits per heavy atom. The van der Waals surface area contributed by atoms with Crippen LogP contribution in [0.1, 0.15) is 91.4 Å². The molecular weight excluding hydrogens is 352 g/mol. The molecule has 1 N–H and O–H groups in total. The summed E-state index contributed by atoms with van der Waals surface area (Å²) in [5.41, 5.74) is -0.310. The summed E-state index contributed by atoms with van der Waals surface area (Å²) in [4.78, 5) is 23.1. The number of ketones is 1. The van der Waals surface area contributed by atoms with Gasteiger partial charge in [-0.15, -0.1) is 0 Å². The van der Waals surface area contributed by atoms with Gasteiger partial charge in [0.15, 0.2) is 0 Å². The van der Waals surface area contributed by atoms with Crippen molar-refractivity contribution in [1.29, 1.82) is 0 Å². The molecule has 158 valence electrons. The second-order valence-electron chi connectivity index (χ2n) is 10.9. The number of esters is 1. The average molecular weight is 391 g/mol. The Hall–Kier alpha value is -0.900. The normalized spacial score (nSPS) is 47.8. The molecule has 0 radical (unpaired) electrons. The molecule has 0 aliphatic heterocycles. The Labute approximate surface area is 169 Å². The quantitative estimate of drug-likeness (QED) is 0.559. The Morgan fingerprint density at radius 3 is 2.61 bits per heavy atom. The molecule has 0 bridgehead atoms. The van der Waals surface area contributed by atoms with Crippen LogP contribution >= 0.6 is 0 Å². The molecule has 4 nitrogen and oxygen atoms in total. The van der Waals surface area contributed by atoms with E-state index in [0.717, 1.165) is 57.3 Å². The molecule has 0 aromatic heterocycles. The summed E-state index contributed by atoms with van der Waals surface area (Å²) < 4.78 is 5.11. The van der Waals surface area contributed by atoms with E-state index < -0.39 is 5.60 Å². The summed E-state index contributed by atoms with van der Waals surface area (Å²) >= 11 is 0. The summed E-state index contributed by atoms with van der Waals surface area (Å²) in [6, 6.07) is 0. The van der Waals surface area contributed by atoms with Crippen molar-refractivity contribution in [3.63, 3.8) is 0 Å². The third kappa shape index (κ3) is 3.05. The molecule has 4 aliphatic carbocycles. The molecule has 0 aromatic carbocycles. The largest absolute Gasteiger partial charge is 0.466 e. The maximum absolute atomic E-state index is 12.0. The van der Waals surface area contributed by atoms with Crippen LogP contribution < -0.4 is 0 Å². The molecule has 0 unspecified atom stereocenters. The summed E-state index contributed by atoms with van der Waals surface area (Å²) in [5, 5.41) is 11.6. The predicted octanol–water partition coefficient (Wildman–Crippen LogP) is 4.67. The van der Waals surface area contributed by atoms with Crippen LogP contribution in [0.2, 0.25) is 0 Å². The third-order valence-electron chi connectivity index (χ3n) is 9.84. The van der Waals surface area contributed by atoms with E-state index >= 15 is 0 Å². The van der Waals surface area contributed by atoms with Crippen LogP contribution in [-0.4, -0.2) is 29.1 Å². The van der Waals surface area contributed by atoms with Crippen molar-refractivity contribution in [2.75, 3.05) is 6.61 Å². The highest BCUT2D eigenvalue weighted by Crippen LogP contribution is 2.68. The fraction of sp³-hybridized carbons (Fsp3) is 0.917. The number of hydrogen-bond acceptors (Lipinski definition) is 4. The fourth-order valence-corrected chi connectivity index (χ4v) is 8.15. The van der Waals surface area contributed by atoms with Crippen molar-refractivity contribution in [3.8, 4) is 0 Å². The van der Waals surface area contributed by atoms with Gasteiger partial charge in [-0.3, -0.25) is 9.59 Å². The van der Waals surface area contributed by atoms with Gasteiger partial charge >= 0.3 is 5.97 Å². The Morgan fingerprint density at radius 2 is 1.86 bits per heavy atom. The lowest BCUT2D eigenvalue weighted by Gasteiger charge is -2.61. The van der Waals surface area contributed by atoms with Crippen LogP contribution in [0, 0.1) is 34.5 Å². The van der Waals surface area contributed by atoms with Gasteiger partial charge in [0.25, 0.3) is 0 Å². The SMILES string of the molecule is CC(=O)OCCC[C@]1(O)CC[C@H]2[C@@H]3CC[C@H]4CC(=O)CC[C@]4(C)[C@H]3CC[C@@]21C. The van der Waals surface area contributed by atoms with Crippen LogP contribution in [0.15, 0.2) is 0 Å². The Bertz CT molecular complexity index is 645. The van der Waals surface area contributed by atoms with Gasteiger partial charge < -0.3 is 9.84 Å². The van der Waals surface area contributed by atoms with Crippen molar-refractivity contribution in [2.24, 2.45) is 34.5 Å². The standard InChI is InChI=1S/C24H38O4/c1-16(25)28-14-4-10-24(27)13-9-21-19-6-5-17-15-18(26)7-11-22(17,2)20(19)8-12-23(21,24)3/h17,19-21,27H,4-15H2,1-3H3/t17-,19+,20-,21-,22-,23-,24-/m0/s1. The number of carbonyl (C=O) groups excluding carboxylic acids is 2. The number of fused-ring (bicyclic) bond motifs is 5. The van der Waals surface area contributed by atoms with Crippen LogP contribution in [-0.2, 0) is 14.3 Å². The van der Waals surface area contributed by atoms with E-state index in [0.29, 0.717) is 35.6 Å². The van der Waals surface area contributed by atoms with E-state index in [1.807, 2.05) is 0 Å². The molecule has 0 amide bonds. The average Bonchev–Trinajstić information content (AvgIpc) is 2.91. The Kier molecular flexibility index (Phi) is 5.17. The lowest BCUT2D eigenvalue weighted by Crippen LogP contribution is -2.56. The van der Waals surface area contributed by atoms with Crippen LogP contribution in [0.25, 0.3) is 0 Å². The molecule has 7 atom stereocenters. The van der Waals surface area contributed by atoms with Crippen LogP contribution in [0.4, 0.5) is 0 Å². The summed E-state index contributed by atoms with van der Waals surface area (Å²) in [6.07, 6.45) is 10.9. The molecule has 4 rings (SSSR count). The van der Waals surface area contributed by atoms with Gasteiger partial charge in [-0.2, -0.15) is 0 Å². The zero-order chi connectivity index (χ0) is 20.2. The molecule has 4 saturated carbocycles. The summed E-state index contributed by atoms with van der Waals surface area (Å²) in [6.45, 7) is 6.67. The van der Waals surface area contributed by atoms with E-state index in [1.165, 1.54) is 26.2 Å². The highest BCUT2D eigenvalue weighted by Gasteiger charge is 2.64. The molecule has 4 aliphatic rings. The van der Waals surface area contributed by atoms with E-state index in [1.54, 1.807) is 0 Å². The monoisotopic (exact) mass is 390 g/mol. The maximum atomic E-state index is 12.0. The summed E-state index contributed by atoms with van der Waals surface area (Å²) in [5.74, 6) is 2.85. The van der Waals surface area contributed by atoms with Crippen molar-refractivity contribution in [1.82, 2.24) is 0 Å². The number of carbonyl (C=O) groups is 2. The van der Waals surface area contributed by atoms with E-state index in [2.05, 4.69) is 13.8 Å². The summed E-state index contributed by atoms with van der Waals surface area (Å²) in [7, 11) is 0. The molecule has 4 fully saturated rings. The lowest BCUT2D eigenvalue weighted by molar-refractivity contribution is -0.160. The molecule has 0 saturated heterocycles. The Balaban J connectivity index is 1.49. The molecule has 4 heteroatoms. The molecule has 0 aromatic rings. The first kappa shape index (κ1) is 20.4. The number of ether oxygens (including phenoxy) is 1. The van der Waals surface area contributed by atoms with Crippen molar-refractivity contribution in [3.05, 3.63) is 0 Å². The lowest BCUT2D eigenvalue weighted by atomic mass is 9.44. The smallest absolute Gasteiger partial charge is 0.302 e. The second-order valence-corrected chi connectivity index (χ2v) is 10.9. The van der Waals surface area contributed by atoms with Gasteiger partial charge in [0.2, 0.25) is 0 Å². The van der Waals surface area contributed by atoms with Gasteiger partial charge in [0, 0.05) is 19.8 Å². The first-order valence-corrected chi connectivity index (χ1v) is 11.6. The second kappa shape index (κ2) is 7.11. The van der Waals surface area contributed by atoms with E-state index in [9.17, 15) is 14.7 Å². The first-order valence-electron chi connectivity index (χ1n) is 11.6. The zero-order valence-electron chi connectivity index (χ0n) is 18.0. The predicted molar refractivity (Wildman–Crippen MR) is 108 cm³/mol. The fourth-order valence-electron chi connectivity index (χ4n) is 8.15. The topological polar surface area (TPSA) is 63.6 Å².